The molecule has 1 aliphatic heterocycles. The van der Waals surface area contributed by atoms with Crippen molar-refractivity contribution in [3.8, 4) is 11.5 Å². The first kappa shape index (κ1) is 16.9. The molecule has 0 bridgehead atoms. The molecular formula is C16H22N2O5. The van der Waals surface area contributed by atoms with E-state index in [0.29, 0.717) is 43.2 Å². The third-order valence-electron chi connectivity index (χ3n) is 3.77. The first-order valence-corrected chi connectivity index (χ1v) is 7.64. The van der Waals surface area contributed by atoms with Crippen LogP contribution in [0.2, 0.25) is 0 Å². The molecule has 0 aliphatic carbocycles. The van der Waals surface area contributed by atoms with Gasteiger partial charge in [0, 0.05) is 24.8 Å². The van der Waals surface area contributed by atoms with Gasteiger partial charge in [-0.05, 0) is 31.9 Å². The zero-order chi connectivity index (χ0) is 16.8. The van der Waals surface area contributed by atoms with Gasteiger partial charge in [0.15, 0.2) is 11.5 Å². The van der Waals surface area contributed by atoms with Crippen LogP contribution in [-0.2, 0) is 4.79 Å². The van der Waals surface area contributed by atoms with E-state index < -0.39 is 11.9 Å². The van der Waals surface area contributed by atoms with Gasteiger partial charge < -0.3 is 24.8 Å². The summed E-state index contributed by atoms with van der Waals surface area (Å²) in [7, 11) is 1.53. The summed E-state index contributed by atoms with van der Waals surface area (Å²) in [5.74, 6) is -0.210. The normalized spacial score (nSPS) is 17.5. The summed E-state index contributed by atoms with van der Waals surface area (Å²) in [5, 5.41) is 11.9. The van der Waals surface area contributed by atoms with Crippen LogP contribution in [0.4, 0.5) is 10.5 Å². The first-order valence-electron chi connectivity index (χ1n) is 7.64. The number of rotatable bonds is 5. The van der Waals surface area contributed by atoms with Crippen molar-refractivity contribution in [2.75, 3.05) is 32.1 Å². The molecule has 7 nitrogen and oxygen atoms in total. The number of carboxylic acids is 1. The van der Waals surface area contributed by atoms with Gasteiger partial charge in [0.1, 0.15) is 0 Å². The molecule has 0 aromatic heterocycles. The molecule has 1 aliphatic rings. The molecule has 23 heavy (non-hydrogen) atoms. The Morgan fingerprint density at radius 2 is 2.17 bits per heavy atom. The van der Waals surface area contributed by atoms with Crippen LogP contribution in [0.25, 0.3) is 0 Å². The number of nitrogens with one attached hydrogen (secondary N) is 1. The molecule has 1 aromatic rings. The number of methoxy groups -OCH3 is 1. The summed E-state index contributed by atoms with van der Waals surface area (Å²) >= 11 is 0. The molecule has 2 amide bonds. The van der Waals surface area contributed by atoms with Crippen LogP contribution in [0.1, 0.15) is 19.8 Å². The third-order valence-corrected chi connectivity index (χ3v) is 3.77. The highest BCUT2D eigenvalue weighted by Gasteiger charge is 2.28. The lowest BCUT2D eigenvalue weighted by atomic mass is 9.99. The van der Waals surface area contributed by atoms with E-state index in [1.165, 1.54) is 12.0 Å². The van der Waals surface area contributed by atoms with E-state index >= 15 is 0 Å². The SMILES string of the molecule is CCOc1ccc(NC(=O)N2CCCC(C(=O)O)C2)cc1OC. The van der Waals surface area contributed by atoms with Crippen LogP contribution in [0, 0.1) is 5.92 Å². The fourth-order valence-corrected chi connectivity index (χ4v) is 2.59. The van der Waals surface area contributed by atoms with Gasteiger partial charge in [-0.3, -0.25) is 4.79 Å². The zero-order valence-corrected chi connectivity index (χ0v) is 13.4. The van der Waals surface area contributed by atoms with Gasteiger partial charge >= 0.3 is 12.0 Å². The highest BCUT2D eigenvalue weighted by Crippen LogP contribution is 2.30. The molecule has 1 aromatic carbocycles. The fraction of sp³-hybridized carbons (Fsp3) is 0.500. The Bertz CT molecular complexity index is 576. The molecule has 126 valence electrons. The fourth-order valence-electron chi connectivity index (χ4n) is 2.59. The third kappa shape index (κ3) is 4.28. The average molecular weight is 322 g/mol. The molecule has 1 unspecified atom stereocenters. The highest BCUT2D eigenvalue weighted by atomic mass is 16.5. The minimum atomic E-state index is -0.856. The summed E-state index contributed by atoms with van der Waals surface area (Å²) in [6, 6.07) is 4.84. The van der Waals surface area contributed by atoms with Gasteiger partial charge in [0.25, 0.3) is 0 Å². The van der Waals surface area contributed by atoms with E-state index in [0.717, 1.165) is 0 Å². The van der Waals surface area contributed by atoms with Crippen molar-refractivity contribution >= 4 is 17.7 Å². The van der Waals surface area contributed by atoms with Crippen LogP contribution in [0.3, 0.4) is 0 Å². The molecule has 0 saturated carbocycles. The van der Waals surface area contributed by atoms with Crippen molar-refractivity contribution in [3.05, 3.63) is 18.2 Å². The van der Waals surface area contributed by atoms with E-state index in [9.17, 15) is 9.59 Å². The van der Waals surface area contributed by atoms with Gasteiger partial charge in [-0.15, -0.1) is 0 Å². The number of likely N-dealkylation sites (tertiary alicyclic amines) is 1. The number of hydrogen-bond acceptors (Lipinski definition) is 4. The number of carbonyl (C=O) groups is 2. The van der Waals surface area contributed by atoms with Gasteiger partial charge in [-0.2, -0.15) is 0 Å². The Morgan fingerprint density at radius 1 is 1.39 bits per heavy atom. The smallest absolute Gasteiger partial charge is 0.321 e. The number of ether oxygens (including phenoxy) is 2. The minimum absolute atomic E-state index is 0.231. The van der Waals surface area contributed by atoms with Crippen LogP contribution < -0.4 is 14.8 Å². The molecule has 1 fully saturated rings. The molecular weight excluding hydrogens is 300 g/mol. The van der Waals surface area contributed by atoms with Gasteiger partial charge in [-0.1, -0.05) is 0 Å². The molecule has 0 spiro atoms. The van der Waals surface area contributed by atoms with Gasteiger partial charge in [0.05, 0.1) is 19.6 Å². The Hall–Kier alpha value is -2.44. The molecule has 1 heterocycles. The number of amides is 2. The number of anilines is 1. The highest BCUT2D eigenvalue weighted by molar-refractivity contribution is 5.90. The first-order chi connectivity index (χ1) is 11.0. The van der Waals surface area contributed by atoms with Crippen LogP contribution >= 0.6 is 0 Å². The lowest BCUT2D eigenvalue weighted by molar-refractivity contribution is -0.143. The maximum atomic E-state index is 12.3. The summed E-state index contributed by atoms with van der Waals surface area (Å²) in [5.41, 5.74) is 0.577. The van der Waals surface area contributed by atoms with Crippen LogP contribution in [0.15, 0.2) is 18.2 Å². The number of hydrogen-bond donors (Lipinski definition) is 2. The van der Waals surface area contributed by atoms with Crippen molar-refractivity contribution in [1.29, 1.82) is 0 Å². The largest absolute Gasteiger partial charge is 0.493 e. The summed E-state index contributed by atoms with van der Waals surface area (Å²) in [6.45, 7) is 3.19. The quantitative estimate of drug-likeness (QED) is 0.869. The number of piperidine rings is 1. The molecule has 1 saturated heterocycles. The Morgan fingerprint density at radius 3 is 2.83 bits per heavy atom. The predicted octanol–water partition coefficient (Wildman–Crippen LogP) is 2.42. The Labute approximate surface area is 135 Å². The van der Waals surface area contributed by atoms with Crippen molar-refractivity contribution in [3.63, 3.8) is 0 Å². The Balaban J connectivity index is 2.03. The van der Waals surface area contributed by atoms with Gasteiger partial charge in [-0.25, -0.2) is 4.79 Å². The molecule has 2 N–H and O–H groups in total. The number of nitrogens with zero attached hydrogens (tertiary/aromatic N) is 1. The number of carboxylic acid groups (broad SMARTS) is 1. The maximum Gasteiger partial charge on any atom is 0.321 e. The lowest BCUT2D eigenvalue weighted by Gasteiger charge is -2.30. The lowest BCUT2D eigenvalue weighted by Crippen LogP contribution is -2.44. The van der Waals surface area contributed by atoms with E-state index in [4.69, 9.17) is 14.6 Å². The van der Waals surface area contributed by atoms with Crippen LogP contribution in [-0.4, -0.2) is 48.8 Å². The topological polar surface area (TPSA) is 88.1 Å². The van der Waals surface area contributed by atoms with Crippen molar-refractivity contribution < 1.29 is 24.2 Å². The van der Waals surface area contributed by atoms with Crippen molar-refractivity contribution in [2.24, 2.45) is 5.92 Å². The molecule has 7 heteroatoms. The van der Waals surface area contributed by atoms with E-state index in [1.54, 1.807) is 18.2 Å². The molecule has 2 rings (SSSR count). The monoisotopic (exact) mass is 322 g/mol. The molecule has 0 radical (unpaired) electrons. The number of urea groups is 1. The number of aliphatic carboxylic acids is 1. The standard InChI is InChI=1S/C16H22N2O5/c1-3-23-13-7-6-12(9-14(13)22-2)17-16(21)18-8-4-5-11(10-18)15(19)20/h6-7,9,11H,3-5,8,10H2,1-2H3,(H,17,21)(H,19,20). The summed E-state index contributed by atoms with van der Waals surface area (Å²) in [4.78, 5) is 24.9. The van der Waals surface area contributed by atoms with Crippen LogP contribution in [0.5, 0.6) is 11.5 Å². The second-order valence-corrected chi connectivity index (χ2v) is 5.35. The minimum Gasteiger partial charge on any atom is -0.493 e. The van der Waals surface area contributed by atoms with E-state index in [1.807, 2.05) is 6.92 Å². The maximum absolute atomic E-state index is 12.3. The van der Waals surface area contributed by atoms with Crippen molar-refractivity contribution in [1.82, 2.24) is 4.90 Å². The summed E-state index contributed by atoms with van der Waals surface area (Å²) < 4.78 is 10.7. The molecule has 1 atom stereocenters. The summed E-state index contributed by atoms with van der Waals surface area (Å²) in [6.07, 6.45) is 1.30. The average Bonchev–Trinajstić information content (AvgIpc) is 2.56. The Kier molecular flexibility index (Phi) is 5.67. The second kappa shape index (κ2) is 7.71. The van der Waals surface area contributed by atoms with Crippen molar-refractivity contribution in [2.45, 2.75) is 19.8 Å². The number of carbonyl (C=O) groups excluding carboxylic acids is 1. The van der Waals surface area contributed by atoms with Gasteiger partial charge in [0.2, 0.25) is 0 Å². The predicted molar refractivity (Wildman–Crippen MR) is 85.1 cm³/mol. The zero-order valence-electron chi connectivity index (χ0n) is 13.4. The number of benzene rings is 1. The second-order valence-electron chi connectivity index (χ2n) is 5.35. The van der Waals surface area contributed by atoms with E-state index in [2.05, 4.69) is 5.32 Å². The van der Waals surface area contributed by atoms with E-state index in [-0.39, 0.29) is 12.6 Å².